The van der Waals surface area contributed by atoms with Crippen molar-refractivity contribution in [2.45, 2.75) is 6.61 Å². The van der Waals surface area contributed by atoms with E-state index in [2.05, 4.69) is 4.98 Å². The van der Waals surface area contributed by atoms with Crippen molar-refractivity contribution < 1.29 is 13.5 Å². The zero-order valence-corrected chi connectivity index (χ0v) is 8.34. The van der Waals surface area contributed by atoms with E-state index in [9.17, 15) is 8.78 Å². The van der Waals surface area contributed by atoms with Crippen LogP contribution < -0.4 is 10.5 Å². The van der Waals surface area contributed by atoms with E-state index >= 15 is 0 Å². The number of hydrogen-bond donors (Lipinski definition) is 2. The van der Waals surface area contributed by atoms with Crippen LogP contribution in [0.4, 0.5) is 14.5 Å². The molecule has 0 fully saturated rings. The number of hydrogen-bond acceptors (Lipinski definition) is 2. The Morgan fingerprint density at radius 2 is 2.06 bits per heavy atom. The lowest BCUT2D eigenvalue weighted by Crippen LogP contribution is -2.02. The molecule has 0 bridgehead atoms. The van der Waals surface area contributed by atoms with Gasteiger partial charge in [-0.05, 0) is 24.3 Å². The highest BCUT2D eigenvalue weighted by Gasteiger charge is 2.13. The maximum atomic E-state index is 13.3. The lowest BCUT2D eigenvalue weighted by atomic mass is 10.3. The average molecular weight is 224 g/mol. The van der Waals surface area contributed by atoms with Crippen LogP contribution in [0.5, 0.6) is 5.75 Å². The van der Waals surface area contributed by atoms with E-state index in [-0.39, 0.29) is 18.0 Å². The van der Waals surface area contributed by atoms with E-state index in [1.54, 1.807) is 18.3 Å². The topological polar surface area (TPSA) is 51.0 Å². The molecule has 84 valence electrons. The van der Waals surface area contributed by atoms with Gasteiger partial charge in [0.2, 0.25) is 5.82 Å². The fourth-order valence-electron chi connectivity index (χ4n) is 1.30. The number of aromatic nitrogens is 1. The Morgan fingerprint density at radius 3 is 2.75 bits per heavy atom. The van der Waals surface area contributed by atoms with E-state index in [4.69, 9.17) is 10.5 Å². The highest BCUT2D eigenvalue weighted by molar-refractivity contribution is 5.53. The fourth-order valence-corrected chi connectivity index (χ4v) is 1.30. The smallest absolute Gasteiger partial charge is 0.202 e. The minimum Gasteiger partial charge on any atom is -0.482 e. The Morgan fingerprint density at radius 1 is 1.25 bits per heavy atom. The molecule has 5 heteroatoms. The Kier molecular flexibility index (Phi) is 2.76. The molecule has 0 aliphatic heterocycles. The molecule has 0 aliphatic carbocycles. The molecule has 0 spiro atoms. The summed E-state index contributed by atoms with van der Waals surface area (Å²) in [5.74, 6) is -2.29. The second-order valence-electron chi connectivity index (χ2n) is 3.26. The van der Waals surface area contributed by atoms with Gasteiger partial charge in [-0.2, -0.15) is 4.39 Å². The lowest BCUT2D eigenvalue weighted by Gasteiger charge is -2.09. The maximum absolute atomic E-state index is 13.3. The summed E-state index contributed by atoms with van der Waals surface area (Å²) in [6.07, 6.45) is 1.71. The lowest BCUT2D eigenvalue weighted by molar-refractivity contribution is 0.283. The number of H-pyrrole nitrogens is 1. The zero-order valence-electron chi connectivity index (χ0n) is 8.34. The third-order valence-corrected chi connectivity index (χ3v) is 2.11. The molecule has 0 atom stereocenters. The number of halogens is 2. The normalized spacial score (nSPS) is 10.4. The van der Waals surface area contributed by atoms with Crippen LogP contribution in [0.3, 0.4) is 0 Å². The molecule has 2 aromatic rings. The molecule has 3 nitrogen and oxygen atoms in total. The standard InChI is InChI=1S/C11H10F2N2O/c12-8-3-4-9(14)11(10(8)13)16-6-7-2-1-5-15-7/h1-5,15H,6,14H2. The summed E-state index contributed by atoms with van der Waals surface area (Å²) in [6, 6.07) is 5.78. The number of nitrogen functional groups attached to an aromatic ring is 1. The Hall–Kier alpha value is -2.04. The van der Waals surface area contributed by atoms with Crippen molar-refractivity contribution in [3.8, 4) is 5.75 Å². The van der Waals surface area contributed by atoms with E-state index in [1.807, 2.05) is 0 Å². The van der Waals surface area contributed by atoms with E-state index < -0.39 is 11.6 Å². The van der Waals surface area contributed by atoms with Crippen LogP contribution in [-0.4, -0.2) is 4.98 Å². The average Bonchev–Trinajstić information content (AvgIpc) is 2.77. The van der Waals surface area contributed by atoms with Crippen LogP contribution in [0, 0.1) is 11.6 Å². The highest BCUT2D eigenvalue weighted by Crippen LogP contribution is 2.27. The van der Waals surface area contributed by atoms with Crippen molar-refractivity contribution in [1.29, 1.82) is 0 Å². The first kappa shape index (κ1) is 10.5. The van der Waals surface area contributed by atoms with Gasteiger partial charge in [0.25, 0.3) is 0 Å². The van der Waals surface area contributed by atoms with Gasteiger partial charge in [-0.15, -0.1) is 0 Å². The molecule has 1 aromatic carbocycles. The summed E-state index contributed by atoms with van der Waals surface area (Å²) in [6.45, 7) is 0.109. The maximum Gasteiger partial charge on any atom is 0.202 e. The molecule has 3 N–H and O–H groups in total. The first-order valence-electron chi connectivity index (χ1n) is 4.67. The number of benzene rings is 1. The summed E-state index contributed by atoms with van der Waals surface area (Å²) in [5, 5.41) is 0. The number of nitrogens with one attached hydrogen (secondary N) is 1. The van der Waals surface area contributed by atoms with Crippen molar-refractivity contribution in [2.75, 3.05) is 5.73 Å². The van der Waals surface area contributed by atoms with Gasteiger partial charge >= 0.3 is 0 Å². The molecule has 1 aromatic heterocycles. The molecule has 0 radical (unpaired) electrons. The first-order chi connectivity index (χ1) is 7.68. The molecule has 0 unspecified atom stereocenters. The van der Waals surface area contributed by atoms with Crippen LogP contribution in [0.2, 0.25) is 0 Å². The number of aromatic amines is 1. The Balaban J connectivity index is 2.18. The first-order valence-corrected chi connectivity index (χ1v) is 4.67. The van der Waals surface area contributed by atoms with Crippen molar-refractivity contribution >= 4 is 5.69 Å². The van der Waals surface area contributed by atoms with Crippen molar-refractivity contribution in [1.82, 2.24) is 4.98 Å². The van der Waals surface area contributed by atoms with E-state index in [1.165, 1.54) is 6.07 Å². The van der Waals surface area contributed by atoms with Gasteiger partial charge in [-0.3, -0.25) is 0 Å². The Labute approximate surface area is 90.8 Å². The summed E-state index contributed by atoms with van der Waals surface area (Å²) >= 11 is 0. The zero-order chi connectivity index (χ0) is 11.5. The van der Waals surface area contributed by atoms with Crippen LogP contribution in [-0.2, 0) is 6.61 Å². The number of anilines is 1. The Bertz CT molecular complexity index is 483. The number of rotatable bonds is 3. The fraction of sp³-hybridized carbons (Fsp3) is 0.0909. The molecular weight excluding hydrogens is 214 g/mol. The van der Waals surface area contributed by atoms with Gasteiger partial charge in [0.15, 0.2) is 11.6 Å². The van der Waals surface area contributed by atoms with Crippen molar-refractivity contribution in [2.24, 2.45) is 0 Å². The molecule has 0 aliphatic rings. The van der Waals surface area contributed by atoms with Gasteiger partial charge in [-0.25, -0.2) is 4.39 Å². The van der Waals surface area contributed by atoms with Gasteiger partial charge in [0.05, 0.1) is 11.4 Å². The van der Waals surface area contributed by atoms with Crippen molar-refractivity contribution in [3.05, 3.63) is 47.8 Å². The van der Waals surface area contributed by atoms with Gasteiger partial charge in [0.1, 0.15) is 6.61 Å². The minimum atomic E-state index is -1.06. The third-order valence-electron chi connectivity index (χ3n) is 2.11. The molecule has 1 heterocycles. The van der Waals surface area contributed by atoms with Gasteiger partial charge < -0.3 is 15.5 Å². The molecular formula is C11H10F2N2O. The number of nitrogens with two attached hydrogens (primary N) is 1. The third kappa shape index (κ3) is 1.98. The second kappa shape index (κ2) is 4.22. The van der Waals surface area contributed by atoms with Crippen LogP contribution >= 0.6 is 0 Å². The highest BCUT2D eigenvalue weighted by atomic mass is 19.2. The molecule has 0 saturated heterocycles. The van der Waals surface area contributed by atoms with Crippen LogP contribution in [0.15, 0.2) is 30.5 Å². The van der Waals surface area contributed by atoms with E-state index in [0.29, 0.717) is 0 Å². The summed E-state index contributed by atoms with van der Waals surface area (Å²) in [4.78, 5) is 2.88. The van der Waals surface area contributed by atoms with Crippen molar-refractivity contribution in [3.63, 3.8) is 0 Å². The molecule has 0 saturated carbocycles. The SMILES string of the molecule is Nc1ccc(F)c(F)c1OCc1ccc[nH]1. The predicted octanol–water partition coefficient (Wildman–Crippen LogP) is 2.45. The van der Waals surface area contributed by atoms with Crippen LogP contribution in [0.1, 0.15) is 5.69 Å². The second-order valence-corrected chi connectivity index (χ2v) is 3.26. The number of ether oxygens (including phenoxy) is 1. The quantitative estimate of drug-likeness (QED) is 0.787. The molecule has 2 rings (SSSR count). The van der Waals surface area contributed by atoms with Crippen LogP contribution in [0.25, 0.3) is 0 Å². The molecule has 16 heavy (non-hydrogen) atoms. The monoisotopic (exact) mass is 224 g/mol. The molecule has 0 amide bonds. The summed E-state index contributed by atoms with van der Waals surface area (Å²) in [7, 11) is 0. The van der Waals surface area contributed by atoms with Gasteiger partial charge in [-0.1, -0.05) is 0 Å². The van der Waals surface area contributed by atoms with Gasteiger partial charge in [0, 0.05) is 6.20 Å². The van der Waals surface area contributed by atoms with E-state index in [0.717, 1.165) is 11.8 Å². The largest absolute Gasteiger partial charge is 0.482 e. The predicted molar refractivity (Wildman–Crippen MR) is 55.9 cm³/mol. The summed E-state index contributed by atoms with van der Waals surface area (Å²) in [5.41, 5.74) is 6.32. The summed E-state index contributed by atoms with van der Waals surface area (Å²) < 4.78 is 31.3. The minimum absolute atomic E-state index is 0.0745.